The average molecular weight is 414 g/mol. The Labute approximate surface area is 174 Å². The Balaban J connectivity index is 0.000000321. The van der Waals surface area contributed by atoms with E-state index >= 15 is 0 Å². The second-order valence-electron chi connectivity index (χ2n) is 6.42. The summed E-state index contributed by atoms with van der Waals surface area (Å²) in [5.41, 5.74) is 9.39. The van der Waals surface area contributed by atoms with E-state index in [1.807, 2.05) is 7.05 Å². The molecule has 154 valence electrons. The standard InChI is InChI=1S/C18H19NOS.C4H8N2O2/c1-19-12-11-17(18-10-5-13-21-18)20-16-9-4-7-14-6-2-3-8-15(14)16;5-3(7)1-2-4(6)8/h2-10,13,17,19H,11-12H2,1H3;1-2H2,(H2,5,7)(H2,6,8)/t17-;/m0./s1. The number of rotatable bonds is 9. The van der Waals surface area contributed by atoms with Crippen molar-refractivity contribution < 1.29 is 14.3 Å². The molecule has 0 aliphatic heterocycles. The molecule has 3 aromatic rings. The summed E-state index contributed by atoms with van der Waals surface area (Å²) in [5.74, 6) is -0.0322. The Kier molecular flexibility index (Phi) is 9.14. The van der Waals surface area contributed by atoms with Gasteiger partial charge in [-0.2, -0.15) is 0 Å². The molecule has 0 radical (unpaired) electrons. The van der Waals surface area contributed by atoms with Crippen LogP contribution in [0.2, 0.25) is 0 Å². The maximum Gasteiger partial charge on any atom is 0.217 e. The van der Waals surface area contributed by atoms with E-state index in [2.05, 4.69) is 65.3 Å². The van der Waals surface area contributed by atoms with Gasteiger partial charge in [0.1, 0.15) is 11.9 Å². The highest BCUT2D eigenvalue weighted by Gasteiger charge is 2.15. The van der Waals surface area contributed by atoms with E-state index in [4.69, 9.17) is 16.2 Å². The molecule has 7 heteroatoms. The van der Waals surface area contributed by atoms with E-state index in [9.17, 15) is 9.59 Å². The summed E-state index contributed by atoms with van der Waals surface area (Å²) in [4.78, 5) is 21.1. The highest BCUT2D eigenvalue weighted by molar-refractivity contribution is 7.10. The van der Waals surface area contributed by atoms with Crippen LogP contribution in [0.3, 0.4) is 0 Å². The third-order valence-corrected chi connectivity index (χ3v) is 5.12. The van der Waals surface area contributed by atoms with Gasteiger partial charge in [-0.25, -0.2) is 0 Å². The van der Waals surface area contributed by atoms with Crippen molar-refractivity contribution in [2.75, 3.05) is 13.6 Å². The minimum Gasteiger partial charge on any atom is -0.484 e. The molecule has 2 amide bonds. The first-order valence-corrected chi connectivity index (χ1v) is 10.3. The molecule has 29 heavy (non-hydrogen) atoms. The first-order valence-electron chi connectivity index (χ1n) is 9.40. The molecule has 0 aliphatic rings. The number of carbonyl (C=O) groups is 2. The Morgan fingerprint density at radius 3 is 2.31 bits per heavy atom. The Morgan fingerprint density at radius 1 is 1.00 bits per heavy atom. The number of ether oxygens (including phenoxy) is 1. The molecule has 3 rings (SSSR count). The molecular formula is C22H27N3O3S. The quantitative estimate of drug-likeness (QED) is 0.500. The van der Waals surface area contributed by atoms with Crippen molar-refractivity contribution in [1.29, 1.82) is 0 Å². The molecule has 6 nitrogen and oxygen atoms in total. The summed E-state index contributed by atoms with van der Waals surface area (Å²) < 4.78 is 6.34. The zero-order valence-electron chi connectivity index (χ0n) is 16.5. The zero-order valence-corrected chi connectivity index (χ0v) is 17.3. The highest BCUT2D eigenvalue weighted by Crippen LogP contribution is 2.32. The van der Waals surface area contributed by atoms with E-state index < -0.39 is 11.8 Å². The SMILES string of the molecule is CNCC[C@H](Oc1cccc2ccccc12)c1cccs1.NC(=O)CCC(N)=O. The number of nitrogens with one attached hydrogen (secondary N) is 1. The molecule has 0 aliphatic carbocycles. The molecule has 0 unspecified atom stereocenters. The molecule has 0 bridgehead atoms. The van der Waals surface area contributed by atoms with Crippen LogP contribution in [0.1, 0.15) is 30.2 Å². The topological polar surface area (TPSA) is 107 Å². The number of benzene rings is 2. The number of fused-ring (bicyclic) bond motifs is 1. The summed E-state index contributed by atoms with van der Waals surface area (Å²) in [7, 11) is 1.98. The summed E-state index contributed by atoms with van der Waals surface area (Å²) in [6.45, 7) is 0.938. The van der Waals surface area contributed by atoms with Gasteiger partial charge in [-0.3, -0.25) is 9.59 Å². The van der Waals surface area contributed by atoms with Gasteiger partial charge < -0.3 is 21.5 Å². The number of carbonyl (C=O) groups excluding carboxylic acids is 2. The Hall–Kier alpha value is -2.90. The maximum absolute atomic E-state index is 9.92. The molecule has 0 saturated heterocycles. The van der Waals surface area contributed by atoms with Crippen LogP contribution in [0.25, 0.3) is 10.8 Å². The maximum atomic E-state index is 9.92. The predicted octanol–water partition coefficient (Wildman–Crippen LogP) is 3.37. The summed E-state index contributed by atoms with van der Waals surface area (Å²) in [6.07, 6.45) is 1.16. The largest absolute Gasteiger partial charge is 0.484 e. The van der Waals surface area contributed by atoms with Crippen molar-refractivity contribution in [1.82, 2.24) is 5.32 Å². The minimum absolute atomic E-state index is 0.0509. The summed E-state index contributed by atoms with van der Waals surface area (Å²) in [6, 6.07) is 18.8. The van der Waals surface area contributed by atoms with Gasteiger partial charge in [-0.05, 0) is 36.5 Å². The molecule has 0 fully saturated rings. The highest BCUT2D eigenvalue weighted by atomic mass is 32.1. The fraction of sp³-hybridized carbons (Fsp3) is 0.273. The van der Waals surface area contributed by atoms with Crippen molar-refractivity contribution in [3.05, 3.63) is 64.9 Å². The number of hydrogen-bond donors (Lipinski definition) is 3. The molecule has 0 spiro atoms. The molecular weight excluding hydrogens is 386 g/mol. The number of amides is 2. The van der Waals surface area contributed by atoms with Crippen LogP contribution in [0, 0.1) is 0 Å². The van der Waals surface area contributed by atoms with Gasteiger partial charge in [-0.15, -0.1) is 11.3 Å². The van der Waals surface area contributed by atoms with Gasteiger partial charge in [0.15, 0.2) is 0 Å². The van der Waals surface area contributed by atoms with E-state index in [0.717, 1.165) is 18.7 Å². The fourth-order valence-corrected chi connectivity index (χ4v) is 3.50. The lowest BCUT2D eigenvalue weighted by Gasteiger charge is -2.19. The van der Waals surface area contributed by atoms with Gasteiger partial charge in [0.2, 0.25) is 11.8 Å². The predicted molar refractivity (Wildman–Crippen MR) is 118 cm³/mol. The van der Waals surface area contributed by atoms with Crippen LogP contribution in [-0.2, 0) is 9.59 Å². The average Bonchev–Trinajstić information content (AvgIpc) is 3.25. The minimum atomic E-state index is -0.496. The van der Waals surface area contributed by atoms with Gasteiger partial charge in [-0.1, -0.05) is 42.5 Å². The van der Waals surface area contributed by atoms with Gasteiger partial charge in [0.05, 0.1) is 0 Å². The molecule has 1 atom stereocenters. The van der Waals surface area contributed by atoms with Gasteiger partial charge >= 0.3 is 0 Å². The van der Waals surface area contributed by atoms with Crippen LogP contribution in [-0.4, -0.2) is 25.4 Å². The zero-order chi connectivity index (χ0) is 21.1. The molecule has 0 saturated carbocycles. The van der Waals surface area contributed by atoms with Crippen molar-refractivity contribution in [3.63, 3.8) is 0 Å². The second kappa shape index (κ2) is 11.8. The number of nitrogens with two attached hydrogens (primary N) is 2. The molecule has 5 N–H and O–H groups in total. The lowest BCUT2D eigenvalue weighted by Crippen LogP contribution is -2.16. The monoisotopic (exact) mass is 413 g/mol. The van der Waals surface area contributed by atoms with Gasteiger partial charge in [0.25, 0.3) is 0 Å². The van der Waals surface area contributed by atoms with Crippen LogP contribution in [0.15, 0.2) is 60.0 Å². The number of hydrogen-bond acceptors (Lipinski definition) is 5. The van der Waals surface area contributed by atoms with Crippen molar-refractivity contribution in [2.24, 2.45) is 11.5 Å². The second-order valence-corrected chi connectivity index (χ2v) is 7.40. The Bertz CT molecular complexity index is 893. The third-order valence-electron chi connectivity index (χ3n) is 4.15. The van der Waals surface area contributed by atoms with Gasteiger partial charge in [0, 0.05) is 29.5 Å². The molecule has 1 aromatic heterocycles. The molecule has 2 aromatic carbocycles. The van der Waals surface area contributed by atoms with Crippen molar-refractivity contribution in [3.8, 4) is 5.75 Å². The summed E-state index contributed by atoms with van der Waals surface area (Å²) in [5, 5.41) is 7.70. The van der Waals surface area contributed by atoms with E-state index in [0.29, 0.717) is 0 Å². The van der Waals surface area contributed by atoms with Crippen molar-refractivity contribution in [2.45, 2.75) is 25.4 Å². The number of primary amides is 2. The molecule has 1 heterocycles. The van der Waals surface area contributed by atoms with E-state index in [-0.39, 0.29) is 18.9 Å². The normalized spacial score (nSPS) is 11.3. The lowest BCUT2D eigenvalue weighted by atomic mass is 10.1. The van der Waals surface area contributed by atoms with Crippen LogP contribution >= 0.6 is 11.3 Å². The van der Waals surface area contributed by atoms with Crippen LogP contribution in [0.5, 0.6) is 5.75 Å². The first kappa shape index (κ1) is 22.4. The lowest BCUT2D eigenvalue weighted by molar-refractivity contribution is -0.123. The number of thiophene rings is 1. The fourth-order valence-electron chi connectivity index (χ4n) is 2.71. The van der Waals surface area contributed by atoms with Crippen LogP contribution < -0.4 is 21.5 Å². The smallest absolute Gasteiger partial charge is 0.217 e. The first-order chi connectivity index (χ1) is 14.0. The van der Waals surface area contributed by atoms with Crippen molar-refractivity contribution >= 4 is 33.9 Å². The summed E-state index contributed by atoms with van der Waals surface area (Å²) >= 11 is 1.75. The van der Waals surface area contributed by atoms with Crippen LogP contribution in [0.4, 0.5) is 0 Å². The van der Waals surface area contributed by atoms with E-state index in [1.165, 1.54) is 15.6 Å². The Morgan fingerprint density at radius 2 is 1.69 bits per heavy atom. The van der Waals surface area contributed by atoms with E-state index in [1.54, 1.807) is 11.3 Å². The third kappa shape index (κ3) is 7.56.